The number of aryl methyl sites for hydroxylation is 1. The highest BCUT2D eigenvalue weighted by Gasteiger charge is 2.36. The number of anilines is 1. The first-order chi connectivity index (χ1) is 14.2. The lowest BCUT2D eigenvalue weighted by molar-refractivity contribution is -0.127. The second kappa shape index (κ2) is 8.99. The van der Waals surface area contributed by atoms with E-state index in [2.05, 4.69) is 5.32 Å². The molecule has 1 saturated heterocycles. The fourth-order valence-electron chi connectivity index (χ4n) is 2.64. The van der Waals surface area contributed by atoms with Crippen molar-refractivity contribution in [2.24, 2.45) is 0 Å². The number of carbonyl (C=O) groups excluding carboxylic acids is 3. The van der Waals surface area contributed by atoms with Crippen molar-refractivity contribution >= 4 is 63.8 Å². The SMILES string of the molecule is COc1cc(/C=C2\SC(=O)N(CC(=O)Nc3ccc(C)c(Cl)c3)C2=O)cc(Cl)c1O. The molecule has 0 radical (unpaired) electrons. The Hall–Kier alpha value is -2.68. The Labute approximate surface area is 186 Å². The average Bonchev–Trinajstić information content (AvgIpc) is 2.94. The van der Waals surface area contributed by atoms with Crippen LogP contribution in [0.1, 0.15) is 11.1 Å². The van der Waals surface area contributed by atoms with Gasteiger partial charge in [0.2, 0.25) is 5.91 Å². The number of nitrogens with one attached hydrogen (secondary N) is 1. The van der Waals surface area contributed by atoms with Gasteiger partial charge in [-0.05, 0) is 60.2 Å². The second-order valence-corrected chi connectivity index (χ2v) is 8.14. The van der Waals surface area contributed by atoms with Crippen LogP contribution in [0.2, 0.25) is 10.0 Å². The van der Waals surface area contributed by atoms with Crippen LogP contribution >= 0.6 is 35.0 Å². The predicted octanol–water partition coefficient (Wildman–Crippen LogP) is 4.69. The molecule has 10 heteroatoms. The van der Waals surface area contributed by atoms with Crippen LogP contribution in [-0.2, 0) is 9.59 Å². The fourth-order valence-corrected chi connectivity index (χ4v) is 3.87. The number of rotatable bonds is 5. The minimum Gasteiger partial charge on any atom is -0.503 e. The molecule has 0 atom stereocenters. The van der Waals surface area contributed by atoms with Crippen molar-refractivity contribution in [2.75, 3.05) is 19.0 Å². The molecule has 2 aromatic rings. The minimum absolute atomic E-state index is 0.0379. The minimum atomic E-state index is -0.606. The third-order valence-corrected chi connectivity index (χ3v) is 5.80. The molecule has 0 aliphatic carbocycles. The van der Waals surface area contributed by atoms with E-state index in [0.29, 0.717) is 28.0 Å². The molecule has 1 fully saturated rings. The third kappa shape index (κ3) is 4.72. The fraction of sp³-hybridized carbons (Fsp3) is 0.150. The summed E-state index contributed by atoms with van der Waals surface area (Å²) in [7, 11) is 1.36. The van der Waals surface area contributed by atoms with E-state index in [1.807, 2.05) is 6.92 Å². The lowest BCUT2D eigenvalue weighted by Crippen LogP contribution is -2.36. The number of ether oxygens (including phenoxy) is 1. The zero-order chi connectivity index (χ0) is 22.0. The van der Waals surface area contributed by atoms with E-state index < -0.39 is 23.6 Å². The standard InChI is InChI=1S/C20H16Cl2N2O5S/c1-10-3-4-12(8-13(10)21)23-17(25)9-24-19(27)16(30-20(24)28)7-11-5-14(22)18(26)15(6-11)29-2/h3-8,26H,9H2,1-2H3,(H,23,25)/b16-7-. The van der Waals surface area contributed by atoms with Gasteiger partial charge in [0.1, 0.15) is 6.54 Å². The molecule has 7 nitrogen and oxygen atoms in total. The van der Waals surface area contributed by atoms with E-state index in [9.17, 15) is 19.5 Å². The van der Waals surface area contributed by atoms with Crippen LogP contribution in [0.5, 0.6) is 11.5 Å². The van der Waals surface area contributed by atoms with Gasteiger partial charge in [-0.15, -0.1) is 0 Å². The summed E-state index contributed by atoms with van der Waals surface area (Å²) in [6.07, 6.45) is 1.44. The van der Waals surface area contributed by atoms with Gasteiger partial charge in [-0.2, -0.15) is 0 Å². The van der Waals surface area contributed by atoms with Crippen molar-refractivity contribution in [2.45, 2.75) is 6.92 Å². The number of aromatic hydroxyl groups is 1. The molecule has 0 spiro atoms. The molecule has 1 aliphatic heterocycles. The van der Waals surface area contributed by atoms with Gasteiger partial charge in [-0.25, -0.2) is 0 Å². The zero-order valence-corrected chi connectivity index (χ0v) is 18.2. The molecule has 156 valence electrons. The lowest BCUT2D eigenvalue weighted by Gasteiger charge is -2.13. The van der Waals surface area contributed by atoms with Crippen LogP contribution in [0.15, 0.2) is 35.2 Å². The maximum Gasteiger partial charge on any atom is 0.294 e. The molecule has 0 bridgehead atoms. The number of imide groups is 1. The molecule has 2 aromatic carbocycles. The van der Waals surface area contributed by atoms with Gasteiger partial charge in [-0.1, -0.05) is 29.3 Å². The summed E-state index contributed by atoms with van der Waals surface area (Å²) < 4.78 is 5.03. The predicted molar refractivity (Wildman–Crippen MR) is 117 cm³/mol. The Bertz CT molecular complexity index is 1090. The highest BCUT2D eigenvalue weighted by Crippen LogP contribution is 2.38. The van der Waals surface area contributed by atoms with E-state index in [1.165, 1.54) is 25.3 Å². The van der Waals surface area contributed by atoms with E-state index >= 15 is 0 Å². The number of benzene rings is 2. The summed E-state index contributed by atoms with van der Waals surface area (Å²) in [5.74, 6) is -1.24. The van der Waals surface area contributed by atoms with E-state index in [1.54, 1.807) is 18.2 Å². The second-order valence-electron chi connectivity index (χ2n) is 6.33. The number of hydrogen-bond acceptors (Lipinski definition) is 6. The maximum absolute atomic E-state index is 12.6. The molecular formula is C20H16Cl2N2O5S. The van der Waals surface area contributed by atoms with E-state index in [4.69, 9.17) is 27.9 Å². The Morgan fingerprint density at radius 3 is 2.63 bits per heavy atom. The van der Waals surface area contributed by atoms with Crippen molar-refractivity contribution in [3.63, 3.8) is 0 Å². The Morgan fingerprint density at radius 1 is 1.23 bits per heavy atom. The highest BCUT2D eigenvalue weighted by molar-refractivity contribution is 8.18. The van der Waals surface area contributed by atoms with Crippen molar-refractivity contribution in [3.8, 4) is 11.5 Å². The van der Waals surface area contributed by atoms with Gasteiger partial charge in [-0.3, -0.25) is 19.3 Å². The van der Waals surface area contributed by atoms with Crippen molar-refractivity contribution in [3.05, 3.63) is 56.4 Å². The number of phenolic OH excluding ortho intramolecular Hbond substituents is 1. The summed E-state index contributed by atoms with van der Waals surface area (Å²) in [6, 6.07) is 7.92. The number of amides is 3. The van der Waals surface area contributed by atoms with Crippen molar-refractivity contribution in [1.29, 1.82) is 0 Å². The first-order valence-electron chi connectivity index (χ1n) is 8.57. The number of halogens is 2. The summed E-state index contributed by atoms with van der Waals surface area (Å²) in [5.41, 5.74) is 1.78. The first kappa shape index (κ1) is 22.0. The van der Waals surface area contributed by atoms with Gasteiger partial charge in [0, 0.05) is 10.7 Å². The van der Waals surface area contributed by atoms with Crippen LogP contribution < -0.4 is 10.1 Å². The number of carbonyl (C=O) groups is 3. The van der Waals surface area contributed by atoms with Crippen molar-refractivity contribution < 1.29 is 24.2 Å². The zero-order valence-electron chi connectivity index (χ0n) is 15.9. The summed E-state index contributed by atoms with van der Waals surface area (Å²) in [6.45, 7) is 1.39. The summed E-state index contributed by atoms with van der Waals surface area (Å²) in [5, 5.41) is 12.4. The van der Waals surface area contributed by atoms with Crippen LogP contribution in [-0.4, -0.2) is 40.7 Å². The van der Waals surface area contributed by atoms with Crippen LogP contribution in [0.25, 0.3) is 6.08 Å². The lowest BCUT2D eigenvalue weighted by atomic mass is 10.2. The van der Waals surface area contributed by atoms with Gasteiger partial charge in [0.25, 0.3) is 11.1 Å². The Kier molecular flexibility index (Phi) is 6.60. The average molecular weight is 467 g/mol. The van der Waals surface area contributed by atoms with E-state index in [-0.39, 0.29) is 21.4 Å². The van der Waals surface area contributed by atoms with Crippen LogP contribution in [0.3, 0.4) is 0 Å². The molecule has 30 heavy (non-hydrogen) atoms. The summed E-state index contributed by atoms with van der Waals surface area (Å²) in [4.78, 5) is 38.1. The Morgan fingerprint density at radius 2 is 1.97 bits per heavy atom. The van der Waals surface area contributed by atoms with Gasteiger partial charge in [0.05, 0.1) is 17.0 Å². The Balaban J connectivity index is 1.74. The van der Waals surface area contributed by atoms with Crippen LogP contribution in [0, 0.1) is 6.92 Å². The monoisotopic (exact) mass is 466 g/mol. The maximum atomic E-state index is 12.6. The molecular weight excluding hydrogens is 451 g/mol. The molecule has 1 aliphatic rings. The number of methoxy groups -OCH3 is 1. The van der Waals surface area contributed by atoms with E-state index in [0.717, 1.165) is 10.5 Å². The number of phenols is 1. The summed E-state index contributed by atoms with van der Waals surface area (Å²) >= 11 is 12.7. The largest absolute Gasteiger partial charge is 0.503 e. The molecule has 0 saturated carbocycles. The van der Waals surface area contributed by atoms with Gasteiger partial charge >= 0.3 is 0 Å². The number of hydrogen-bond donors (Lipinski definition) is 2. The smallest absolute Gasteiger partial charge is 0.294 e. The topological polar surface area (TPSA) is 95.9 Å². The quantitative estimate of drug-likeness (QED) is 0.620. The van der Waals surface area contributed by atoms with Crippen LogP contribution in [0.4, 0.5) is 10.5 Å². The van der Waals surface area contributed by atoms with Gasteiger partial charge < -0.3 is 15.2 Å². The molecule has 0 unspecified atom stereocenters. The normalized spacial score (nSPS) is 15.1. The number of thioether (sulfide) groups is 1. The molecule has 1 heterocycles. The highest BCUT2D eigenvalue weighted by atomic mass is 35.5. The van der Waals surface area contributed by atoms with Gasteiger partial charge in [0.15, 0.2) is 11.5 Å². The number of nitrogens with zero attached hydrogens (tertiary/aromatic N) is 1. The molecule has 3 rings (SSSR count). The first-order valence-corrected chi connectivity index (χ1v) is 10.1. The molecule has 0 aromatic heterocycles. The van der Waals surface area contributed by atoms with Crippen molar-refractivity contribution in [1.82, 2.24) is 4.90 Å². The molecule has 3 amide bonds. The molecule has 2 N–H and O–H groups in total. The third-order valence-electron chi connectivity index (χ3n) is 4.20.